The Hall–Kier alpha value is -2.37. The molecule has 0 bridgehead atoms. The average molecular weight is 400 g/mol. The Bertz CT molecular complexity index is 812. The lowest BCUT2D eigenvalue weighted by atomic mass is 10.2. The molecule has 1 N–H and O–H groups in total. The summed E-state index contributed by atoms with van der Waals surface area (Å²) in [6.07, 6.45) is 0.826. The van der Waals surface area contributed by atoms with E-state index in [2.05, 4.69) is 10.2 Å². The first kappa shape index (κ1) is 20.4. The number of benzene rings is 2. The molecule has 0 saturated carbocycles. The van der Waals surface area contributed by atoms with Crippen LogP contribution in [0.25, 0.3) is 0 Å². The fourth-order valence-electron chi connectivity index (χ4n) is 3.43. The topological polar surface area (TPSA) is 52.7 Å². The molecule has 0 aromatic heterocycles. The number of carbonyl (C=O) groups excluding carboxylic acids is 2. The van der Waals surface area contributed by atoms with E-state index in [-0.39, 0.29) is 17.9 Å². The minimum absolute atomic E-state index is 0.00901. The molecule has 1 saturated heterocycles. The van der Waals surface area contributed by atoms with Gasteiger partial charge in [0.1, 0.15) is 0 Å². The minimum Gasteiger partial charge on any atom is -0.351 e. The van der Waals surface area contributed by atoms with Crippen LogP contribution in [-0.4, -0.2) is 53.8 Å². The van der Waals surface area contributed by atoms with Crippen LogP contribution in [0.2, 0.25) is 5.02 Å². The van der Waals surface area contributed by atoms with E-state index in [9.17, 15) is 9.59 Å². The van der Waals surface area contributed by atoms with Gasteiger partial charge in [0.25, 0.3) is 5.91 Å². The van der Waals surface area contributed by atoms with Gasteiger partial charge in [0.2, 0.25) is 5.91 Å². The molecule has 148 valence electrons. The lowest BCUT2D eigenvalue weighted by Gasteiger charge is -2.27. The van der Waals surface area contributed by atoms with E-state index >= 15 is 0 Å². The Morgan fingerprint density at radius 3 is 2.46 bits per heavy atom. The third-order valence-electron chi connectivity index (χ3n) is 5.16. The van der Waals surface area contributed by atoms with Crippen molar-refractivity contribution in [1.82, 2.24) is 15.1 Å². The van der Waals surface area contributed by atoms with Crippen molar-refractivity contribution in [3.63, 3.8) is 0 Å². The van der Waals surface area contributed by atoms with Gasteiger partial charge in [-0.3, -0.25) is 14.5 Å². The maximum absolute atomic E-state index is 12.8. The summed E-state index contributed by atoms with van der Waals surface area (Å²) in [5, 5.41) is 3.48. The number of hydrogen-bond acceptors (Lipinski definition) is 3. The molecule has 1 aliphatic heterocycles. The second kappa shape index (κ2) is 9.71. The van der Waals surface area contributed by atoms with Crippen LogP contribution in [0.3, 0.4) is 0 Å². The Morgan fingerprint density at radius 2 is 1.71 bits per heavy atom. The SMILES string of the molecule is CC(C(=O)NCc1ccccc1)N1CCCN(C(=O)c2ccccc2Cl)CC1. The normalized spacial score (nSPS) is 16.3. The second-order valence-electron chi connectivity index (χ2n) is 7.04. The summed E-state index contributed by atoms with van der Waals surface area (Å²) in [6.45, 7) is 5.14. The minimum atomic E-state index is -0.237. The van der Waals surface area contributed by atoms with E-state index in [0.29, 0.717) is 36.8 Å². The highest BCUT2D eigenvalue weighted by Crippen LogP contribution is 2.18. The van der Waals surface area contributed by atoms with E-state index in [0.717, 1.165) is 18.5 Å². The number of carbonyl (C=O) groups is 2. The van der Waals surface area contributed by atoms with Gasteiger partial charge in [-0.05, 0) is 31.0 Å². The zero-order valence-corrected chi connectivity index (χ0v) is 16.9. The molecule has 2 aromatic carbocycles. The zero-order chi connectivity index (χ0) is 19.9. The molecule has 3 rings (SSSR count). The molecule has 28 heavy (non-hydrogen) atoms. The fraction of sp³-hybridized carbons (Fsp3) is 0.364. The van der Waals surface area contributed by atoms with Crippen LogP contribution < -0.4 is 5.32 Å². The van der Waals surface area contributed by atoms with Crippen LogP contribution >= 0.6 is 11.6 Å². The first-order valence-electron chi connectivity index (χ1n) is 9.66. The predicted molar refractivity (Wildman–Crippen MR) is 111 cm³/mol. The number of halogens is 1. The molecule has 0 spiro atoms. The quantitative estimate of drug-likeness (QED) is 0.840. The van der Waals surface area contributed by atoms with Gasteiger partial charge in [0.15, 0.2) is 0 Å². The molecule has 0 radical (unpaired) electrons. The fourth-order valence-corrected chi connectivity index (χ4v) is 3.65. The average Bonchev–Trinajstić information content (AvgIpc) is 2.98. The third kappa shape index (κ3) is 5.12. The molecule has 1 heterocycles. The summed E-state index contributed by atoms with van der Waals surface area (Å²) in [5.41, 5.74) is 1.61. The van der Waals surface area contributed by atoms with Gasteiger partial charge in [-0.25, -0.2) is 0 Å². The molecule has 1 unspecified atom stereocenters. The maximum atomic E-state index is 12.8. The van der Waals surface area contributed by atoms with Gasteiger partial charge in [0.05, 0.1) is 16.6 Å². The molecule has 1 fully saturated rings. The van der Waals surface area contributed by atoms with Crippen LogP contribution in [0.5, 0.6) is 0 Å². The molecule has 1 atom stereocenters. The van der Waals surface area contributed by atoms with E-state index in [1.165, 1.54) is 0 Å². The monoisotopic (exact) mass is 399 g/mol. The van der Waals surface area contributed by atoms with Crippen LogP contribution in [0, 0.1) is 0 Å². The summed E-state index contributed by atoms with van der Waals surface area (Å²) in [4.78, 5) is 29.3. The summed E-state index contributed by atoms with van der Waals surface area (Å²) in [7, 11) is 0. The van der Waals surface area contributed by atoms with E-state index in [1.54, 1.807) is 12.1 Å². The molecule has 5 nitrogen and oxygen atoms in total. The number of nitrogens with zero attached hydrogens (tertiary/aromatic N) is 2. The Morgan fingerprint density at radius 1 is 1.00 bits per heavy atom. The van der Waals surface area contributed by atoms with Crippen molar-refractivity contribution in [2.24, 2.45) is 0 Å². The summed E-state index contributed by atoms with van der Waals surface area (Å²) in [6, 6.07) is 16.8. The zero-order valence-electron chi connectivity index (χ0n) is 16.1. The van der Waals surface area contributed by atoms with Gasteiger partial charge in [-0.15, -0.1) is 0 Å². The Labute approximate surface area is 171 Å². The smallest absolute Gasteiger partial charge is 0.255 e. The third-order valence-corrected chi connectivity index (χ3v) is 5.49. The van der Waals surface area contributed by atoms with E-state index in [4.69, 9.17) is 11.6 Å². The lowest BCUT2D eigenvalue weighted by Crippen LogP contribution is -2.46. The number of rotatable bonds is 5. The molecule has 0 aliphatic carbocycles. The Balaban J connectivity index is 1.54. The van der Waals surface area contributed by atoms with Crippen molar-refractivity contribution >= 4 is 23.4 Å². The van der Waals surface area contributed by atoms with Crippen molar-refractivity contribution in [2.75, 3.05) is 26.2 Å². The van der Waals surface area contributed by atoms with Gasteiger partial charge >= 0.3 is 0 Å². The summed E-state index contributed by atoms with van der Waals surface area (Å²) < 4.78 is 0. The highest BCUT2D eigenvalue weighted by Gasteiger charge is 2.26. The van der Waals surface area contributed by atoms with Crippen molar-refractivity contribution in [3.8, 4) is 0 Å². The number of nitrogens with one attached hydrogen (secondary N) is 1. The van der Waals surface area contributed by atoms with Crippen LogP contribution in [0.15, 0.2) is 54.6 Å². The highest BCUT2D eigenvalue weighted by molar-refractivity contribution is 6.33. The van der Waals surface area contributed by atoms with Gasteiger partial charge < -0.3 is 10.2 Å². The van der Waals surface area contributed by atoms with E-state index in [1.807, 2.05) is 54.3 Å². The Kier molecular flexibility index (Phi) is 7.06. The van der Waals surface area contributed by atoms with Gasteiger partial charge in [-0.1, -0.05) is 54.1 Å². The highest BCUT2D eigenvalue weighted by atomic mass is 35.5. The standard InChI is InChI=1S/C22H26ClN3O2/c1-17(21(27)24-16-18-8-3-2-4-9-18)25-12-7-13-26(15-14-25)22(28)19-10-5-6-11-20(19)23/h2-6,8-11,17H,7,12-16H2,1H3,(H,24,27). The molecular weight excluding hydrogens is 374 g/mol. The number of amides is 2. The van der Waals surface area contributed by atoms with Crippen molar-refractivity contribution in [2.45, 2.75) is 25.9 Å². The molecule has 6 heteroatoms. The molecule has 2 amide bonds. The van der Waals surface area contributed by atoms with Crippen molar-refractivity contribution in [1.29, 1.82) is 0 Å². The van der Waals surface area contributed by atoms with Crippen LogP contribution in [0.4, 0.5) is 0 Å². The maximum Gasteiger partial charge on any atom is 0.255 e. The van der Waals surface area contributed by atoms with Crippen molar-refractivity contribution in [3.05, 3.63) is 70.7 Å². The molecular formula is C22H26ClN3O2. The second-order valence-corrected chi connectivity index (χ2v) is 7.45. The first-order chi connectivity index (χ1) is 13.6. The van der Waals surface area contributed by atoms with Gasteiger partial charge in [0, 0.05) is 32.7 Å². The van der Waals surface area contributed by atoms with Gasteiger partial charge in [-0.2, -0.15) is 0 Å². The van der Waals surface area contributed by atoms with Crippen LogP contribution in [-0.2, 0) is 11.3 Å². The molecule has 1 aliphatic rings. The van der Waals surface area contributed by atoms with Crippen LogP contribution in [0.1, 0.15) is 29.3 Å². The molecule has 2 aromatic rings. The summed E-state index contributed by atoms with van der Waals surface area (Å²) in [5.74, 6) is -0.0386. The predicted octanol–water partition coefficient (Wildman–Crippen LogP) is 3.19. The van der Waals surface area contributed by atoms with Crippen molar-refractivity contribution < 1.29 is 9.59 Å². The summed E-state index contributed by atoms with van der Waals surface area (Å²) >= 11 is 6.17. The lowest BCUT2D eigenvalue weighted by molar-refractivity contribution is -0.126. The first-order valence-corrected chi connectivity index (χ1v) is 10.0. The number of hydrogen-bond donors (Lipinski definition) is 1. The van der Waals surface area contributed by atoms with E-state index < -0.39 is 0 Å². The largest absolute Gasteiger partial charge is 0.351 e.